The lowest BCUT2D eigenvalue weighted by molar-refractivity contribution is 0.0653. The third kappa shape index (κ3) is 2.66. The highest BCUT2D eigenvalue weighted by Crippen LogP contribution is 2.23. The van der Waals surface area contributed by atoms with Gasteiger partial charge in [0, 0.05) is 6.61 Å². The van der Waals surface area contributed by atoms with Crippen molar-refractivity contribution in [2.45, 2.75) is 45.1 Å². The van der Waals surface area contributed by atoms with Gasteiger partial charge in [-0.15, -0.1) is 0 Å². The zero-order valence-electron chi connectivity index (χ0n) is 10.1. The maximum atomic E-state index is 11.0. The molecule has 0 radical (unpaired) electrons. The van der Waals surface area contributed by atoms with Crippen LogP contribution in [0.15, 0.2) is 4.42 Å². The zero-order valence-corrected chi connectivity index (χ0v) is 10.1. The first kappa shape index (κ1) is 12.1. The Labute approximate surface area is 99.8 Å². The fourth-order valence-corrected chi connectivity index (χ4v) is 2.01. The Morgan fingerprint density at radius 1 is 1.59 bits per heavy atom. The number of oxazole rings is 1. The average molecular weight is 239 g/mol. The van der Waals surface area contributed by atoms with Crippen molar-refractivity contribution in [3.8, 4) is 0 Å². The maximum absolute atomic E-state index is 11.0. The number of hydrogen-bond acceptors (Lipinski definition) is 4. The van der Waals surface area contributed by atoms with Crippen molar-refractivity contribution in [1.29, 1.82) is 0 Å². The molecule has 1 unspecified atom stereocenters. The molecular weight excluding hydrogens is 222 g/mol. The van der Waals surface area contributed by atoms with E-state index in [2.05, 4.69) is 4.98 Å². The lowest BCUT2D eigenvalue weighted by Crippen LogP contribution is -2.09. The van der Waals surface area contributed by atoms with E-state index in [1.165, 1.54) is 0 Å². The third-order valence-corrected chi connectivity index (χ3v) is 2.87. The summed E-state index contributed by atoms with van der Waals surface area (Å²) < 4.78 is 10.8. The summed E-state index contributed by atoms with van der Waals surface area (Å²) in [7, 11) is 0. The Bertz CT molecular complexity index is 405. The second-order valence-electron chi connectivity index (χ2n) is 4.62. The highest BCUT2D eigenvalue weighted by atomic mass is 16.5. The molecule has 1 aliphatic heterocycles. The smallest absolute Gasteiger partial charge is 0.373 e. The van der Waals surface area contributed by atoms with E-state index in [4.69, 9.17) is 14.3 Å². The molecule has 0 aromatic carbocycles. The largest absolute Gasteiger partial charge is 0.475 e. The first-order chi connectivity index (χ1) is 8.08. The average Bonchev–Trinajstić information content (AvgIpc) is 2.86. The molecule has 5 heteroatoms. The van der Waals surface area contributed by atoms with E-state index in [-0.39, 0.29) is 17.8 Å². The summed E-state index contributed by atoms with van der Waals surface area (Å²) >= 11 is 0. The van der Waals surface area contributed by atoms with Crippen LogP contribution in [-0.4, -0.2) is 28.8 Å². The molecule has 0 aliphatic carbocycles. The van der Waals surface area contributed by atoms with Crippen molar-refractivity contribution < 1.29 is 19.1 Å². The van der Waals surface area contributed by atoms with Crippen molar-refractivity contribution in [2.24, 2.45) is 0 Å². The van der Waals surface area contributed by atoms with Crippen LogP contribution in [0.2, 0.25) is 0 Å². The molecular formula is C12H17NO4. The lowest BCUT2D eigenvalue weighted by Gasteiger charge is -2.04. The summed E-state index contributed by atoms with van der Waals surface area (Å²) in [6, 6.07) is 0. The number of nitrogens with zero attached hydrogens (tertiary/aromatic N) is 1. The predicted octanol–water partition coefficient (Wildman–Crippen LogP) is 2.22. The number of carboxylic acid groups (broad SMARTS) is 1. The van der Waals surface area contributed by atoms with Crippen LogP contribution in [0.25, 0.3) is 0 Å². The Morgan fingerprint density at radius 3 is 2.82 bits per heavy atom. The van der Waals surface area contributed by atoms with Gasteiger partial charge < -0.3 is 14.3 Å². The second-order valence-corrected chi connectivity index (χ2v) is 4.62. The number of ether oxygens (including phenoxy) is 1. The Balaban J connectivity index is 2.17. The molecule has 1 aromatic rings. The number of carboxylic acids is 1. The van der Waals surface area contributed by atoms with Gasteiger partial charge in [-0.2, -0.15) is 0 Å². The number of rotatable bonds is 4. The van der Waals surface area contributed by atoms with Gasteiger partial charge in [0.05, 0.1) is 18.2 Å². The summed E-state index contributed by atoms with van der Waals surface area (Å²) in [6.45, 7) is 4.58. The minimum atomic E-state index is -1.06. The van der Waals surface area contributed by atoms with Crippen molar-refractivity contribution >= 4 is 5.97 Å². The van der Waals surface area contributed by atoms with E-state index >= 15 is 0 Å². The van der Waals surface area contributed by atoms with Gasteiger partial charge in [0.25, 0.3) is 0 Å². The summed E-state index contributed by atoms with van der Waals surface area (Å²) in [6.07, 6.45) is 2.72. The summed E-state index contributed by atoms with van der Waals surface area (Å²) in [5.41, 5.74) is 0.519. The van der Waals surface area contributed by atoms with Gasteiger partial charge in [-0.3, -0.25) is 0 Å². The predicted molar refractivity (Wildman–Crippen MR) is 60.2 cm³/mol. The van der Waals surface area contributed by atoms with Crippen molar-refractivity contribution in [3.63, 3.8) is 0 Å². The fourth-order valence-electron chi connectivity index (χ4n) is 2.01. The van der Waals surface area contributed by atoms with Crippen molar-refractivity contribution in [1.82, 2.24) is 4.98 Å². The van der Waals surface area contributed by atoms with Crippen LogP contribution in [0.3, 0.4) is 0 Å². The van der Waals surface area contributed by atoms with Crippen LogP contribution >= 0.6 is 0 Å². The molecule has 17 heavy (non-hydrogen) atoms. The second kappa shape index (κ2) is 4.87. The minimum Gasteiger partial charge on any atom is -0.475 e. The molecule has 0 saturated carbocycles. The molecule has 1 aliphatic rings. The summed E-state index contributed by atoms with van der Waals surface area (Å²) in [4.78, 5) is 15.3. The van der Waals surface area contributed by atoms with Gasteiger partial charge in [0.2, 0.25) is 5.76 Å². The van der Waals surface area contributed by atoms with E-state index in [9.17, 15) is 4.79 Å². The molecule has 2 rings (SSSR count). The molecule has 0 amide bonds. The summed E-state index contributed by atoms with van der Waals surface area (Å²) in [5, 5.41) is 9.02. The number of aromatic nitrogens is 1. The molecule has 5 nitrogen and oxygen atoms in total. The van der Waals surface area contributed by atoms with Crippen molar-refractivity contribution in [2.75, 3.05) is 6.61 Å². The Hall–Kier alpha value is -1.36. The normalized spacial score (nSPS) is 20.1. The van der Waals surface area contributed by atoms with Crippen molar-refractivity contribution in [3.05, 3.63) is 17.3 Å². The molecule has 2 heterocycles. The first-order valence-electron chi connectivity index (χ1n) is 5.92. The van der Waals surface area contributed by atoms with Gasteiger partial charge in [-0.05, 0) is 18.8 Å². The standard InChI is InChI=1S/C12H17NO4/c1-7(2)10-11(12(14)15)17-9(13-10)6-8-4-3-5-16-8/h7-8H,3-6H2,1-2H3,(H,14,15). The van der Waals surface area contributed by atoms with Gasteiger partial charge in [-0.25, -0.2) is 9.78 Å². The molecule has 1 N–H and O–H groups in total. The number of aromatic carboxylic acids is 1. The van der Waals surface area contributed by atoms with Crippen LogP contribution in [-0.2, 0) is 11.2 Å². The van der Waals surface area contributed by atoms with E-state index in [1.807, 2.05) is 13.8 Å². The summed E-state index contributed by atoms with van der Waals surface area (Å²) in [5.74, 6) is -0.575. The number of hydrogen-bond donors (Lipinski definition) is 1. The molecule has 0 bridgehead atoms. The van der Waals surface area contributed by atoms with E-state index in [0.29, 0.717) is 18.0 Å². The van der Waals surface area contributed by atoms with E-state index < -0.39 is 5.97 Å². The van der Waals surface area contributed by atoms with E-state index in [0.717, 1.165) is 19.4 Å². The van der Waals surface area contributed by atoms with Crippen LogP contribution in [0, 0.1) is 0 Å². The van der Waals surface area contributed by atoms with Crippen LogP contribution in [0.4, 0.5) is 0 Å². The van der Waals surface area contributed by atoms with Gasteiger partial charge >= 0.3 is 5.97 Å². The maximum Gasteiger partial charge on any atom is 0.373 e. The molecule has 94 valence electrons. The molecule has 1 fully saturated rings. The zero-order chi connectivity index (χ0) is 12.4. The fraction of sp³-hybridized carbons (Fsp3) is 0.667. The van der Waals surface area contributed by atoms with Gasteiger partial charge in [0.15, 0.2) is 5.89 Å². The number of carbonyl (C=O) groups is 1. The third-order valence-electron chi connectivity index (χ3n) is 2.87. The molecule has 1 atom stereocenters. The Morgan fingerprint density at radius 2 is 2.35 bits per heavy atom. The SMILES string of the molecule is CC(C)c1nc(CC2CCCO2)oc1C(=O)O. The van der Waals surface area contributed by atoms with Gasteiger partial charge in [-0.1, -0.05) is 13.8 Å². The first-order valence-corrected chi connectivity index (χ1v) is 5.92. The molecule has 1 aromatic heterocycles. The minimum absolute atomic E-state index is 0.0343. The molecule has 0 spiro atoms. The highest BCUT2D eigenvalue weighted by molar-refractivity contribution is 5.85. The monoisotopic (exact) mass is 239 g/mol. The van der Waals surface area contributed by atoms with Gasteiger partial charge in [0.1, 0.15) is 0 Å². The highest BCUT2D eigenvalue weighted by Gasteiger charge is 2.24. The molecule has 1 saturated heterocycles. The van der Waals surface area contributed by atoms with Crippen LogP contribution in [0.1, 0.15) is 54.7 Å². The lowest BCUT2D eigenvalue weighted by atomic mass is 10.1. The topological polar surface area (TPSA) is 72.6 Å². The van der Waals surface area contributed by atoms with Crippen LogP contribution in [0.5, 0.6) is 0 Å². The Kier molecular flexibility index (Phi) is 3.47. The van der Waals surface area contributed by atoms with Crippen LogP contribution < -0.4 is 0 Å². The quantitative estimate of drug-likeness (QED) is 0.872. The van der Waals surface area contributed by atoms with E-state index in [1.54, 1.807) is 0 Å².